The zero-order valence-corrected chi connectivity index (χ0v) is 50.4. The van der Waals surface area contributed by atoms with Crippen LogP contribution in [0.2, 0.25) is 0 Å². The average Bonchev–Trinajstić information content (AvgIpc) is 1.53. The summed E-state index contributed by atoms with van der Waals surface area (Å²) in [5.41, 5.74) is 15.9. The van der Waals surface area contributed by atoms with E-state index in [0.717, 1.165) is 143 Å². The van der Waals surface area contributed by atoms with Gasteiger partial charge in [-0.1, -0.05) is 200 Å². The van der Waals surface area contributed by atoms with Crippen molar-refractivity contribution < 1.29 is 0 Å². The van der Waals surface area contributed by atoms with Crippen LogP contribution in [0.25, 0.3) is 159 Å². The Labute approximate surface area is 540 Å². The highest BCUT2D eigenvalue weighted by Crippen LogP contribution is 2.41. The van der Waals surface area contributed by atoms with Gasteiger partial charge < -0.3 is 0 Å². The summed E-state index contributed by atoms with van der Waals surface area (Å²) in [6.07, 6.45) is 0. The van der Waals surface area contributed by atoms with Gasteiger partial charge in [0.05, 0.1) is 44.7 Å². The van der Waals surface area contributed by atoms with Gasteiger partial charge in [0.2, 0.25) is 0 Å². The van der Waals surface area contributed by atoms with Crippen LogP contribution in [-0.2, 0) is 0 Å². The van der Waals surface area contributed by atoms with Crippen LogP contribution < -0.4 is 16.7 Å². The molecule has 0 atom stereocenters. The van der Waals surface area contributed by atoms with Gasteiger partial charge in [-0.15, -0.1) is 0 Å². The lowest BCUT2D eigenvalue weighted by molar-refractivity contribution is 1.19. The first-order chi connectivity index (χ1) is 46.9. The Morgan fingerprint density at radius 1 is 0.295 bits per heavy atom. The molecule has 0 saturated heterocycles. The first-order valence-corrected chi connectivity index (χ1v) is 30.1. The third-order valence-electron chi connectivity index (χ3n) is 17.5. The fraction of sp³-hybridized carbons (Fsp3) is 0. The zero-order valence-electron chi connectivity index (χ0n) is 50.4. The molecule has 13 nitrogen and oxygen atoms in total. The minimum atomic E-state index is -0.110. The Morgan fingerprint density at radius 3 is 1.27 bits per heavy atom. The Hall–Kier alpha value is -14.0. The number of hydrogen-bond donors (Lipinski definition) is 0. The predicted molar refractivity (Wildman–Crippen MR) is 382 cm³/mol. The summed E-state index contributed by atoms with van der Waals surface area (Å²) in [4.78, 5) is 55.2. The molecule has 0 aliphatic rings. The predicted octanol–water partition coefficient (Wildman–Crippen LogP) is 17.7. The number of pyridine rings is 3. The van der Waals surface area contributed by atoms with E-state index in [1.165, 1.54) is 0 Å². The number of para-hydroxylation sites is 4. The van der Waals surface area contributed by atoms with Crippen LogP contribution in [0.1, 0.15) is 5.56 Å². The van der Waals surface area contributed by atoms with E-state index < -0.39 is 0 Å². The van der Waals surface area contributed by atoms with Gasteiger partial charge in [-0.2, -0.15) is 5.26 Å². The second-order valence-electron chi connectivity index (χ2n) is 22.3. The van der Waals surface area contributed by atoms with E-state index in [-0.39, 0.29) is 16.7 Å². The van der Waals surface area contributed by atoms with Crippen molar-refractivity contribution in [1.29, 1.82) is 21.0 Å². The smallest absolute Gasteiger partial charge is 0.264 e. The number of nitriles is 4. The molecule has 13 aromatic carbocycles. The van der Waals surface area contributed by atoms with E-state index in [0.29, 0.717) is 22.2 Å². The number of aromatic nitrogens is 6. The minimum Gasteiger partial charge on any atom is -0.268 e. The molecule has 0 unspecified atom stereocenters. The minimum absolute atomic E-state index is 0.0120. The lowest BCUT2D eigenvalue weighted by atomic mass is 9.91. The van der Waals surface area contributed by atoms with E-state index in [1.807, 2.05) is 192 Å². The highest BCUT2D eigenvalue weighted by molar-refractivity contribution is 6.22. The molecule has 19 aromatic rings. The van der Waals surface area contributed by atoms with E-state index in [4.69, 9.17) is 30.7 Å². The lowest BCUT2D eigenvalue weighted by Crippen LogP contribution is -2.13. The van der Waals surface area contributed by atoms with Crippen molar-refractivity contribution in [3.05, 3.63) is 310 Å². The van der Waals surface area contributed by atoms with Crippen molar-refractivity contribution in [2.75, 3.05) is 0 Å². The van der Waals surface area contributed by atoms with E-state index in [2.05, 4.69) is 111 Å². The monoisotopic (exact) mass is 1220 g/mol. The van der Waals surface area contributed by atoms with Gasteiger partial charge in [0.1, 0.15) is 16.9 Å². The summed E-state index contributed by atoms with van der Waals surface area (Å²) in [5, 5.41) is 40.0. The number of nitrogens with zero attached hydrogens (tertiary/aromatic N) is 10. The van der Waals surface area contributed by atoms with Gasteiger partial charge in [0, 0.05) is 79.1 Å². The topological polar surface area (TPSA) is 198 Å². The standard InChI is InChI=1S/C30H18N2O.C25H13N3O.C24H14N2O.3CHN/c33-30-24-16-8-14-21-13-7-15-23(27(21)24)29-31-26-18-22(19-9-3-1-4-10-19)17-25(28(26)32(29)30)20-11-5-2-6-12-20;26-14-16-10-11-18-23-19(13-12-17(22(16)23)15-6-2-1-3-7-15)25(29)28-21-9-5-4-8-20(21)27-24(18)28;27-24-19-10-6-9-17-16(15-7-2-1-3-8-15)13-14-18(22(17)19)23-25-20-11-4-5-12-21(20)26(23)24;3*1-2/h1-18H;1-13H;1-14H;3*1H. The molecule has 6 aromatic heterocycles. The molecule has 95 heavy (non-hydrogen) atoms. The Balaban J connectivity index is 0.000000119. The second kappa shape index (κ2) is 24.4. The maximum atomic E-state index is 13.8. The first kappa shape index (κ1) is 58.7. The fourth-order valence-electron chi connectivity index (χ4n) is 13.6. The van der Waals surface area contributed by atoms with E-state index in [9.17, 15) is 19.6 Å². The van der Waals surface area contributed by atoms with Crippen molar-refractivity contribution in [2.24, 2.45) is 0 Å². The fourth-order valence-corrected chi connectivity index (χ4v) is 13.6. The first-order valence-electron chi connectivity index (χ1n) is 30.1. The molecule has 0 aliphatic carbocycles. The molecule has 0 radical (unpaired) electrons. The van der Waals surface area contributed by atoms with E-state index >= 15 is 0 Å². The number of imidazole rings is 3. The van der Waals surface area contributed by atoms with Gasteiger partial charge in [0.15, 0.2) is 0 Å². The van der Waals surface area contributed by atoms with Crippen molar-refractivity contribution >= 4 is 115 Å². The summed E-state index contributed by atoms with van der Waals surface area (Å²) in [7, 11) is 0. The number of rotatable bonds is 4. The molecule has 0 fully saturated rings. The molecule has 0 bridgehead atoms. The van der Waals surface area contributed by atoms with Gasteiger partial charge in [-0.05, 0) is 123 Å². The second-order valence-corrected chi connectivity index (χ2v) is 22.3. The molecule has 0 N–H and O–H groups in total. The van der Waals surface area contributed by atoms with Gasteiger partial charge in [0.25, 0.3) is 16.7 Å². The van der Waals surface area contributed by atoms with Gasteiger partial charge in [-0.3, -0.25) is 27.6 Å². The van der Waals surface area contributed by atoms with Crippen molar-refractivity contribution in [3.63, 3.8) is 0 Å². The third-order valence-corrected chi connectivity index (χ3v) is 17.5. The molecule has 0 saturated carbocycles. The van der Waals surface area contributed by atoms with Gasteiger partial charge in [-0.25, -0.2) is 30.7 Å². The molecular formula is C82H48N10O3. The third kappa shape index (κ3) is 9.45. The SMILES string of the molecule is C#N.C#N.C#N.N#Cc1ccc2c3c1c(-c1ccccc1)ccc3c(=O)n1c3ccccc3nc21.O=c1c2cccc3c(-c4ccccc4)ccc(c32)c2nc3ccccc3n12.O=c1c2cccc3cccc(c32)c2nc3cc(-c4ccccc4)cc(-c4ccccc4)c3n12. The van der Waals surface area contributed by atoms with Crippen LogP contribution in [-0.4, -0.2) is 28.2 Å². The van der Waals surface area contributed by atoms with Crippen LogP contribution in [0.15, 0.2) is 287 Å². The normalized spacial score (nSPS) is 11.0. The molecule has 13 heteroatoms. The van der Waals surface area contributed by atoms with Crippen LogP contribution >= 0.6 is 0 Å². The van der Waals surface area contributed by atoms with Crippen LogP contribution in [0.4, 0.5) is 0 Å². The number of hydrogen-bond acceptors (Lipinski definition) is 10. The molecule has 444 valence electrons. The summed E-state index contributed by atoms with van der Waals surface area (Å²) < 4.78 is 5.23. The average molecular weight is 1220 g/mol. The number of benzene rings is 13. The summed E-state index contributed by atoms with van der Waals surface area (Å²) >= 11 is 0. The highest BCUT2D eigenvalue weighted by atomic mass is 16.1. The van der Waals surface area contributed by atoms with Crippen LogP contribution in [0, 0.1) is 46.8 Å². The van der Waals surface area contributed by atoms with Crippen LogP contribution in [0.3, 0.4) is 0 Å². The molecule has 19 rings (SSSR count). The zero-order chi connectivity index (χ0) is 65.4. The number of fused-ring (bicyclic) bond motifs is 12. The maximum absolute atomic E-state index is 13.8. The Kier molecular flexibility index (Phi) is 15.1. The van der Waals surface area contributed by atoms with Crippen LogP contribution in [0.5, 0.6) is 0 Å². The Morgan fingerprint density at radius 2 is 0.695 bits per heavy atom. The highest BCUT2D eigenvalue weighted by Gasteiger charge is 2.23. The summed E-state index contributed by atoms with van der Waals surface area (Å²) in [5.74, 6) is 0. The molecular weight excluding hydrogens is 1170 g/mol. The molecule has 0 spiro atoms. The van der Waals surface area contributed by atoms with Crippen molar-refractivity contribution in [2.45, 2.75) is 0 Å². The summed E-state index contributed by atoms with van der Waals surface area (Å²) in [6, 6.07) is 92.7. The van der Waals surface area contributed by atoms with Gasteiger partial charge >= 0.3 is 0 Å². The molecule has 0 aliphatic heterocycles. The maximum Gasteiger partial charge on any atom is 0.264 e. The largest absolute Gasteiger partial charge is 0.268 e. The quantitative estimate of drug-likeness (QED) is 0.163. The van der Waals surface area contributed by atoms with E-state index in [1.54, 1.807) is 8.80 Å². The molecule has 0 amide bonds. The summed E-state index contributed by atoms with van der Waals surface area (Å²) in [6.45, 7) is 10.5. The molecule has 6 heterocycles. The van der Waals surface area contributed by atoms with Crippen molar-refractivity contribution in [3.8, 4) is 70.3 Å². The lowest BCUT2D eigenvalue weighted by Gasteiger charge is -2.13. The van der Waals surface area contributed by atoms with Crippen molar-refractivity contribution in [1.82, 2.24) is 28.2 Å². The Bertz CT molecular complexity index is 6460.